The van der Waals surface area contributed by atoms with Crippen LogP contribution in [0.3, 0.4) is 0 Å². The maximum atomic E-state index is 5.62. The maximum Gasteiger partial charge on any atom is 0.191 e. The molecule has 6 nitrogen and oxygen atoms in total. The van der Waals surface area contributed by atoms with Gasteiger partial charge in [-0.1, -0.05) is 13.3 Å². The standard InChI is InChI=1S/C20H33N5O/c1-4-20(7-5-8-20)15-24-19(21-3)23-13-17-6-9-22-18(12-17)25-10-11-26-16(2)14-25/h6,9,12,16H,4-5,7-8,10-11,13-15H2,1-3H3,(H2,21,23,24). The van der Waals surface area contributed by atoms with E-state index in [0.29, 0.717) is 5.41 Å². The molecule has 2 fully saturated rings. The number of hydrogen-bond acceptors (Lipinski definition) is 4. The van der Waals surface area contributed by atoms with Crippen LogP contribution in [0, 0.1) is 5.41 Å². The van der Waals surface area contributed by atoms with Gasteiger partial charge in [0.15, 0.2) is 5.96 Å². The molecule has 6 heteroatoms. The van der Waals surface area contributed by atoms with E-state index in [1.807, 2.05) is 13.2 Å². The highest BCUT2D eigenvalue weighted by Crippen LogP contribution is 2.42. The Kier molecular flexibility index (Phi) is 6.35. The number of ether oxygens (including phenoxy) is 1. The van der Waals surface area contributed by atoms with Crippen molar-refractivity contribution < 1.29 is 4.74 Å². The summed E-state index contributed by atoms with van der Waals surface area (Å²) >= 11 is 0. The van der Waals surface area contributed by atoms with Gasteiger partial charge in [0, 0.05) is 39.4 Å². The molecule has 26 heavy (non-hydrogen) atoms. The highest BCUT2D eigenvalue weighted by atomic mass is 16.5. The molecular weight excluding hydrogens is 326 g/mol. The number of nitrogens with one attached hydrogen (secondary N) is 2. The first kappa shape index (κ1) is 19.0. The zero-order valence-corrected chi connectivity index (χ0v) is 16.4. The highest BCUT2D eigenvalue weighted by Gasteiger charge is 2.34. The SMILES string of the molecule is CCC1(CNC(=NC)NCc2ccnc(N3CCOC(C)C3)c2)CCC1. The van der Waals surface area contributed by atoms with Gasteiger partial charge in [-0.25, -0.2) is 4.98 Å². The van der Waals surface area contributed by atoms with Gasteiger partial charge in [0.05, 0.1) is 12.7 Å². The fourth-order valence-electron chi connectivity index (χ4n) is 3.78. The van der Waals surface area contributed by atoms with Crippen molar-refractivity contribution in [2.24, 2.45) is 10.4 Å². The van der Waals surface area contributed by atoms with Crippen LogP contribution >= 0.6 is 0 Å². The van der Waals surface area contributed by atoms with Crippen LogP contribution in [0.25, 0.3) is 0 Å². The van der Waals surface area contributed by atoms with E-state index in [-0.39, 0.29) is 6.10 Å². The molecule has 144 valence electrons. The molecule has 3 rings (SSSR count). The van der Waals surface area contributed by atoms with E-state index in [1.54, 1.807) is 0 Å². The van der Waals surface area contributed by atoms with E-state index in [0.717, 1.165) is 44.6 Å². The van der Waals surface area contributed by atoms with E-state index >= 15 is 0 Å². The Morgan fingerprint density at radius 2 is 2.27 bits per heavy atom. The minimum Gasteiger partial charge on any atom is -0.375 e. The number of hydrogen-bond donors (Lipinski definition) is 2. The topological polar surface area (TPSA) is 61.8 Å². The summed E-state index contributed by atoms with van der Waals surface area (Å²) < 4.78 is 5.62. The molecule has 2 heterocycles. The third-order valence-corrected chi connectivity index (χ3v) is 5.85. The van der Waals surface area contributed by atoms with Crippen LogP contribution in [0.1, 0.15) is 45.1 Å². The Balaban J connectivity index is 1.52. The van der Waals surface area contributed by atoms with Crippen molar-refractivity contribution in [1.29, 1.82) is 0 Å². The van der Waals surface area contributed by atoms with Crippen LogP contribution in [0.4, 0.5) is 5.82 Å². The lowest BCUT2D eigenvalue weighted by Gasteiger charge is -2.41. The van der Waals surface area contributed by atoms with Gasteiger partial charge in [-0.3, -0.25) is 4.99 Å². The second-order valence-corrected chi connectivity index (χ2v) is 7.64. The molecule has 0 aromatic carbocycles. The minimum absolute atomic E-state index is 0.257. The molecule has 0 spiro atoms. The molecule has 1 atom stereocenters. The van der Waals surface area contributed by atoms with Gasteiger partial charge < -0.3 is 20.3 Å². The summed E-state index contributed by atoms with van der Waals surface area (Å²) in [6.45, 7) is 8.72. The zero-order valence-electron chi connectivity index (χ0n) is 16.4. The summed E-state index contributed by atoms with van der Waals surface area (Å²) in [6, 6.07) is 4.23. The normalized spacial score (nSPS) is 22.7. The summed E-state index contributed by atoms with van der Waals surface area (Å²) in [5.41, 5.74) is 1.69. The second-order valence-electron chi connectivity index (χ2n) is 7.64. The number of aliphatic imine (C=N–C) groups is 1. The van der Waals surface area contributed by atoms with Crippen LogP contribution in [-0.4, -0.2) is 50.3 Å². The van der Waals surface area contributed by atoms with Crippen LogP contribution in [0.5, 0.6) is 0 Å². The molecule has 1 saturated carbocycles. The van der Waals surface area contributed by atoms with E-state index in [1.165, 1.54) is 31.2 Å². The Bertz CT molecular complexity index is 608. The highest BCUT2D eigenvalue weighted by molar-refractivity contribution is 5.79. The number of nitrogens with zero attached hydrogens (tertiary/aromatic N) is 3. The minimum atomic E-state index is 0.257. The fraction of sp³-hybridized carbons (Fsp3) is 0.700. The van der Waals surface area contributed by atoms with Crippen LogP contribution < -0.4 is 15.5 Å². The largest absolute Gasteiger partial charge is 0.375 e. The summed E-state index contributed by atoms with van der Waals surface area (Å²) in [4.78, 5) is 11.2. The van der Waals surface area contributed by atoms with E-state index in [4.69, 9.17) is 4.74 Å². The van der Waals surface area contributed by atoms with Crippen molar-refractivity contribution in [3.05, 3.63) is 23.9 Å². The van der Waals surface area contributed by atoms with Crippen molar-refractivity contribution >= 4 is 11.8 Å². The van der Waals surface area contributed by atoms with Gasteiger partial charge in [0.25, 0.3) is 0 Å². The number of morpholine rings is 1. The molecule has 0 radical (unpaired) electrons. The molecule has 0 bridgehead atoms. The number of guanidine groups is 1. The van der Waals surface area contributed by atoms with Crippen LogP contribution in [0.15, 0.2) is 23.3 Å². The quantitative estimate of drug-likeness (QED) is 0.604. The molecular formula is C20H33N5O. The molecule has 1 aromatic heterocycles. The fourth-order valence-corrected chi connectivity index (χ4v) is 3.78. The summed E-state index contributed by atoms with van der Waals surface area (Å²) in [6.07, 6.45) is 7.42. The molecule has 1 aliphatic heterocycles. The number of aromatic nitrogens is 1. The first-order valence-electron chi connectivity index (χ1n) is 9.90. The molecule has 2 aliphatic rings. The van der Waals surface area contributed by atoms with Crippen molar-refractivity contribution in [2.45, 2.75) is 52.2 Å². The lowest BCUT2D eigenvalue weighted by atomic mass is 9.67. The summed E-state index contributed by atoms with van der Waals surface area (Å²) in [5.74, 6) is 1.91. The van der Waals surface area contributed by atoms with Gasteiger partial charge in [0.1, 0.15) is 5.82 Å². The molecule has 1 aliphatic carbocycles. The van der Waals surface area contributed by atoms with Crippen molar-refractivity contribution in [3.8, 4) is 0 Å². The monoisotopic (exact) mass is 359 g/mol. The van der Waals surface area contributed by atoms with E-state index in [9.17, 15) is 0 Å². The first-order valence-corrected chi connectivity index (χ1v) is 9.90. The van der Waals surface area contributed by atoms with Crippen molar-refractivity contribution in [1.82, 2.24) is 15.6 Å². The lowest BCUT2D eigenvalue weighted by Crippen LogP contribution is -2.46. The predicted octanol–water partition coefficient (Wildman–Crippen LogP) is 2.55. The van der Waals surface area contributed by atoms with Gasteiger partial charge in [-0.2, -0.15) is 0 Å². The number of anilines is 1. The Labute approximate surface area is 157 Å². The van der Waals surface area contributed by atoms with Crippen molar-refractivity contribution in [3.63, 3.8) is 0 Å². The molecule has 2 N–H and O–H groups in total. The Morgan fingerprint density at radius 1 is 1.42 bits per heavy atom. The molecule has 1 unspecified atom stereocenters. The molecule has 0 amide bonds. The van der Waals surface area contributed by atoms with Gasteiger partial charge >= 0.3 is 0 Å². The Hall–Kier alpha value is -1.82. The third kappa shape index (κ3) is 4.67. The number of rotatable bonds is 6. The summed E-state index contributed by atoms with van der Waals surface area (Å²) in [5, 5.41) is 6.95. The average Bonchev–Trinajstić information content (AvgIpc) is 2.64. The summed E-state index contributed by atoms with van der Waals surface area (Å²) in [7, 11) is 1.84. The van der Waals surface area contributed by atoms with E-state index in [2.05, 4.69) is 51.5 Å². The second kappa shape index (κ2) is 8.71. The lowest BCUT2D eigenvalue weighted by molar-refractivity contribution is 0.0529. The molecule has 1 aromatic rings. The average molecular weight is 360 g/mol. The zero-order chi connectivity index (χ0) is 18.4. The van der Waals surface area contributed by atoms with Gasteiger partial charge in [-0.05, 0) is 49.3 Å². The van der Waals surface area contributed by atoms with Gasteiger partial charge in [-0.15, -0.1) is 0 Å². The smallest absolute Gasteiger partial charge is 0.191 e. The van der Waals surface area contributed by atoms with E-state index < -0.39 is 0 Å². The maximum absolute atomic E-state index is 5.62. The Morgan fingerprint density at radius 3 is 2.92 bits per heavy atom. The van der Waals surface area contributed by atoms with Gasteiger partial charge in [0.2, 0.25) is 0 Å². The van der Waals surface area contributed by atoms with Crippen LogP contribution in [0.2, 0.25) is 0 Å². The number of pyridine rings is 1. The molecule has 1 saturated heterocycles. The predicted molar refractivity (Wildman–Crippen MR) is 107 cm³/mol. The third-order valence-electron chi connectivity index (χ3n) is 5.85. The van der Waals surface area contributed by atoms with Crippen molar-refractivity contribution in [2.75, 3.05) is 38.2 Å². The first-order chi connectivity index (χ1) is 12.6. The van der Waals surface area contributed by atoms with Crippen LogP contribution in [-0.2, 0) is 11.3 Å².